The van der Waals surface area contributed by atoms with Gasteiger partial charge in [0.15, 0.2) is 5.78 Å². The molecule has 0 aliphatic rings. The first-order valence-electron chi connectivity index (χ1n) is 4.29. The fourth-order valence-electron chi connectivity index (χ4n) is 1.22. The Bertz CT molecular complexity index is 492. The van der Waals surface area contributed by atoms with Gasteiger partial charge in [-0.05, 0) is 12.1 Å². The van der Waals surface area contributed by atoms with E-state index in [-0.39, 0.29) is 5.78 Å². The van der Waals surface area contributed by atoms with Gasteiger partial charge in [-0.3, -0.25) is 9.78 Å². The molecule has 0 aromatic carbocycles. The molecular weight excluding hydrogens is 218 g/mol. The summed E-state index contributed by atoms with van der Waals surface area (Å²) in [7, 11) is 0. The Kier molecular flexibility index (Phi) is 2.52. The number of halogens is 1. The van der Waals surface area contributed by atoms with Crippen LogP contribution in [0.2, 0.25) is 5.02 Å². The van der Waals surface area contributed by atoms with Crippen LogP contribution >= 0.6 is 22.9 Å². The summed E-state index contributed by atoms with van der Waals surface area (Å²) in [5.74, 6) is 0.143. The average Bonchev–Trinajstić information content (AvgIpc) is 2.62. The van der Waals surface area contributed by atoms with E-state index in [0.717, 1.165) is 15.1 Å². The van der Waals surface area contributed by atoms with Crippen molar-refractivity contribution in [3.8, 4) is 0 Å². The van der Waals surface area contributed by atoms with Crippen LogP contribution in [-0.4, -0.2) is 10.8 Å². The second kappa shape index (κ2) is 3.67. The first kappa shape index (κ1) is 9.62. The summed E-state index contributed by atoms with van der Waals surface area (Å²) in [6.07, 6.45) is 2.17. The quantitative estimate of drug-likeness (QED) is 0.732. The molecule has 0 unspecified atom stereocenters. The lowest BCUT2D eigenvalue weighted by Crippen LogP contribution is -1.90. The normalized spacial score (nSPS) is 10.7. The molecule has 2 rings (SSSR count). The van der Waals surface area contributed by atoms with Crippen LogP contribution in [0.5, 0.6) is 0 Å². The van der Waals surface area contributed by atoms with E-state index < -0.39 is 0 Å². The largest absolute Gasteiger partial charge is 0.293 e. The zero-order chi connectivity index (χ0) is 10.1. The molecule has 0 spiro atoms. The van der Waals surface area contributed by atoms with E-state index in [1.165, 1.54) is 11.3 Å². The van der Waals surface area contributed by atoms with Crippen LogP contribution in [0.15, 0.2) is 18.3 Å². The number of ketones is 1. The van der Waals surface area contributed by atoms with Gasteiger partial charge in [-0.15, -0.1) is 11.3 Å². The van der Waals surface area contributed by atoms with Crippen molar-refractivity contribution in [1.82, 2.24) is 4.98 Å². The van der Waals surface area contributed by atoms with Crippen molar-refractivity contribution in [2.45, 2.75) is 13.3 Å². The maximum Gasteiger partial charge on any atom is 0.172 e. The summed E-state index contributed by atoms with van der Waals surface area (Å²) in [5.41, 5.74) is 0.805. The van der Waals surface area contributed by atoms with E-state index in [4.69, 9.17) is 11.6 Å². The molecule has 0 aliphatic heterocycles. The smallest absolute Gasteiger partial charge is 0.172 e. The van der Waals surface area contributed by atoms with Crippen LogP contribution in [0.1, 0.15) is 23.0 Å². The second-order valence-electron chi connectivity index (χ2n) is 2.89. The third-order valence-electron chi connectivity index (χ3n) is 1.96. The van der Waals surface area contributed by atoms with E-state index in [1.807, 2.05) is 6.92 Å². The molecule has 0 fully saturated rings. The zero-order valence-corrected chi connectivity index (χ0v) is 9.15. The number of pyridine rings is 1. The number of carbonyl (C=O) groups excluding carboxylic acids is 1. The van der Waals surface area contributed by atoms with Crippen LogP contribution in [0.4, 0.5) is 0 Å². The van der Waals surface area contributed by atoms with Gasteiger partial charge in [0.25, 0.3) is 0 Å². The van der Waals surface area contributed by atoms with Crippen LogP contribution in [0.3, 0.4) is 0 Å². The molecule has 4 heteroatoms. The molecule has 2 aromatic heterocycles. The minimum Gasteiger partial charge on any atom is -0.293 e. The number of aromatic nitrogens is 1. The molecule has 2 heterocycles. The monoisotopic (exact) mass is 225 g/mol. The standard InChI is InChI=1S/C10H8ClNOS/c1-2-8(13)9-5-7-10(14-9)6(11)3-4-12-7/h3-5H,2H2,1H3. The predicted octanol–water partition coefficient (Wildman–Crippen LogP) is 3.54. The minimum atomic E-state index is 0.143. The molecule has 0 radical (unpaired) electrons. The summed E-state index contributed by atoms with van der Waals surface area (Å²) in [4.78, 5) is 16.3. The van der Waals surface area contributed by atoms with Crippen molar-refractivity contribution < 1.29 is 4.79 Å². The number of carbonyl (C=O) groups is 1. The topological polar surface area (TPSA) is 30.0 Å². The summed E-state index contributed by atoms with van der Waals surface area (Å²) >= 11 is 7.39. The lowest BCUT2D eigenvalue weighted by atomic mass is 10.2. The second-order valence-corrected chi connectivity index (χ2v) is 4.35. The zero-order valence-electron chi connectivity index (χ0n) is 7.58. The van der Waals surface area contributed by atoms with Crippen molar-refractivity contribution in [2.75, 3.05) is 0 Å². The maximum absolute atomic E-state index is 11.4. The van der Waals surface area contributed by atoms with Gasteiger partial charge in [0.2, 0.25) is 0 Å². The molecule has 0 aliphatic carbocycles. The van der Waals surface area contributed by atoms with Gasteiger partial charge in [-0.2, -0.15) is 0 Å². The van der Waals surface area contributed by atoms with E-state index in [0.29, 0.717) is 11.4 Å². The van der Waals surface area contributed by atoms with E-state index in [9.17, 15) is 4.79 Å². The van der Waals surface area contributed by atoms with Gasteiger partial charge in [0.05, 0.1) is 20.1 Å². The molecule has 0 atom stereocenters. The van der Waals surface area contributed by atoms with Gasteiger partial charge < -0.3 is 0 Å². The summed E-state index contributed by atoms with van der Waals surface area (Å²) in [6.45, 7) is 1.85. The third-order valence-corrected chi connectivity index (χ3v) is 3.59. The summed E-state index contributed by atoms with van der Waals surface area (Å²) < 4.78 is 0.894. The van der Waals surface area contributed by atoms with Gasteiger partial charge in [0.1, 0.15) is 0 Å². The number of hydrogen-bond acceptors (Lipinski definition) is 3. The number of hydrogen-bond donors (Lipinski definition) is 0. The van der Waals surface area contributed by atoms with Gasteiger partial charge >= 0.3 is 0 Å². The highest BCUT2D eigenvalue weighted by molar-refractivity contribution is 7.21. The molecule has 2 aromatic rings. The van der Waals surface area contributed by atoms with Crippen molar-refractivity contribution in [1.29, 1.82) is 0 Å². The highest BCUT2D eigenvalue weighted by Crippen LogP contribution is 2.30. The number of thiophene rings is 1. The van der Waals surface area contributed by atoms with E-state index in [2.05, 4.69) is 4.98 Å². The number of fused-ring (bicyclic) bond motifs is 1. The molecule has 0 bridgehead atoms. The fraction of sp³-hybridized carbons (Fsp3) is 0.200. The molecular formula is C10H8ClNOS. The lowest BCUT2D eigenvalue weighted by molar-refractivity contribution is 0.0992. The SMILES string of the molecule is CCC(=O)c1cc2nccc(Cl)c2s1. The molecule has 0 N–H and O–H groups in total. The van der Waals surface area contributed by atoms with Crippen LogP contribution < -0.4 is 0 Å². The fourth-order valence-corrected chi connectivity index (χ4v) is 2.52. The molecule has 72 valence electrons. The van der Waals surface area contributed by atoms with Crippen LogP contribution in [-0.2, 0) is 0 Å². The Balaban J connectivity index is 2.62. The molecule has 0 saturated carbocycles. The molecule has 0 amide bonds. The van der Waals surface area contributed by atoms with Gasteiger partial charge in [-0.25, -0.2) is 0 Å². The summed E-state index contributed by atoms with van der Waals surface area (Å²) in [5, 5.41) is 0.662. The Morgan fingerprint density at radius 2 is 2.43 bits per heavy atom. The first-order valence-corrected chi connectivity index (χ1v) is 5.49. The predicted molar refractivity (Wildman–Crippen MR) is 59.3 cm³/mol. The van der Waals surface area contributed by atoms with Gasteiger partial charge in [0, 0.05) is 12.6 Å². The number of nitrogens with zero attached hydrogens (tertiary/aromatic N) is 1. The minimum absolute atomic E-state index is 0.143. The third kappa shape index (κ3) is 1.53. The lowest BCUT2D eigenvalue weighted by Gasteiger charge is -1.89. The molecule has 0 saturated heterocycles. The Morgan fingerprint density at radius 3 is 3.07 bits per heavy atom. The van der Waals surface area contributed by atoms with Gasteiger partial charge in [-0.1, -0.05) is 18.5 Å². The van der Waals surface area contributed by atoms with Crippen LogP contribution in [0.25, 0.3) is 10.2 Å². The average molecular weight is 226 g/mol. The van der Waals surface area contributed by atoms with Crippen LogP contribution in [0, 0.1) is 0 Å². The molecule has 14 heavy (non-hydrogen) atoms. The molecule has 2 nitrogen and oxygen atoms in total. The number of Topliss-reactive ketones (excluding diaryl/α,β-unsaturated/α-hetero) is 1. The highest BCUT2D eigenvalue weighted by Gasteiger charge is 2.10. The maximum atomic E-state index is 11.4. The first-order chi connectivity index (χ1) is 6.72. The Labute approximate surface area is 90.5 Å². The Hall–Kier alpha value is -0.930. The van der Waals surface area contributed by atoms with Crippen molar-refractivity contribution >= 4 is 38.9 Å². The van der Waals surface area contributed by atoms with Crippen molar-refractivity contribution in [3.63, 3.8) is 0 Å². The van der Waals surface area contributed by atoms with Crippen molar-refractivity contribution in [3.05, 3.63) is 28.2 Å². The van der Waals surface area contributed by atoms with E-state index in [1.54, 1.807) is 18.3 Å². The Morgan fingerprint density at radius 1 is 1.64 bits per heavy atom. The highest BCUT2D eigenvalue weighted by atomic mass is 35.5. The van der Waals surface area contributed by atoms with Crippen molar-refractivity contribution in [2.24, 2.45) is 0 Å². The summed E-state index contributed by atoms with van der Waals surface area (Å²) in [6, 6.07) is 3.54. The number of rotatable bonds is 2. The van der Waals surface area contributed by atoms with E-state index >= 15 is 0 Å².